The van der Waals surface area contributed by atoms with Crippen LogP contribution >= 0.6 is 0 Å². The van der Waals surface area contributed by atoms with E-state index in [1.165, 1.54) is 12.1 Å². The van der Waals surface area contributed by atoms with Gasteiger partial charge in [0.1, 0.15) is 0 Å². The number of benzene rings is 1. The summed E-state index contributed by atoms with van der Waals surface area (Å²) in [7, 11) is -1.07. The number of hydrogen-bond acceptors (Lipinski definition) is 2. The zero-order valence-corrected chi connectivity index (χ0v) is 12.3. The molecule has 7 heteroatoms. The molecule has 1 atom stereocenters. The standard InChI is InChI=1S/C14H16F3NO2S/c1-21(20)13(6-3-7-13)9-18-12(19)10-4-2-5-11(8-10)14(15,16)17/h2,4-5,8H,3,6-7,9H2,1H3,(H,18,19)/t21-/m1/s1. The first-order valence-corrected chi connectivity index (χ1v) is 8.09. The molecule has 1 N–H and O–H groups in total. The van der Waals surface area contributed by atoms with Crippen molar-refractivity contribution in [2.75, 3.05) is 12.8 Å². The van der Waals surface area contributed by atoms with Gasteiger partial charge in [-0.15, -0.1) is 0 Å². The van der Waals surface area contributed by atoms with Crippen molar-refractivity contribution in [1.29, 1.82) is 0 Å². The Bertz CT molecular complexity index is 568. The van der Waals surface area contributed by atoms with Gasteiger partial charge in [-0.1, -0.05) is 12.5 Å². The first-order valence-electron chi connectivity index (χ1n) is 6.54. The Hall–Kier alpha value is -1.37. The highest BCUT2D eigenvalue weighted by atomic mass is 32.2. The third-order valence-corrected chi connectivity index (χ3v) is 5.67. The second kappa shape index (κ2) is 5.79. The van der Waals surface area contributed by atoms with Gasteiger partial charge in [-0.25, -0.2) is 0 Å². The molecule has 0 unspecified atom stereocenters. The van der Waals surface area contributed by atoms with Crippen LogP contribution in [0.25, 0.3) is 0 Å². The third-order valence-electron chi connectivity index (χ3n) is 3.90. The van der Waals surface area contributed by atoms with Crippen molar-refractivity contribution in [3.63, 3.8) is 0 Å². The Balaban J connectivity index is 2.06. The number of rotatable bonds is 4. The molecule has 0 heterocycles. The van der Waals surface area contributed by atoms with Crippen LogP contribution in [0.15, 0.2) is 24.3 Å². The molecule has 1 saturated carbocycles. The molecule has 0 aliphatic heterocycles. The number of alkyl halides is 3. The smallest absolute Gasteiger partial charge is 0.351 e. The van der Waals surface area contributed by atoms with E-state index in [0.29, 0.717) is 0 Å². The number of carbonyl (C=O) groups is 1. The van der Waals surface area contributed by atoms with Gasteiger partial charge in [0.15, 0.2) is 0 Å². The first-order chi connectivity index (χ1) is 9.74. The molecule has 0 saturated heterocycles. The fourth-order valence-electron chi connectivity index (χ4n) is 2.32. The molecule has 3 nitrogen and oxygen atoms in total. The van der Waals surface area contributed by atoms with Crippen LogP contribution in [0.1, 0.15) is 35.2 Å². The molecule has 1 fully saturated rings. The van der Waals surface area contributed by atoms with Crippen LogP contribution in [0.3, 0.4) is 0 Å². The average molecular weight is 319 g/mol. The summed E-state index contributed by atoms with van der Waals surface area (Å²) >= 11 is 0. The Kier molecular flexibility index (Phi) is 4.41. The maximum atomic E-state index is 12.6. The lowest BCUT2D eigenvalue weighted by molar-refractivity contribution is -0.137. The molecule has 1 amide bonds. The molecule has 1 aromatic carbocycles. The largest absolute Gasteiger partial charge is 0.416 e. The first kappa shape index (κ1) is 16.0. The van der Waals surface area contributed by atoms with Gasteiger partial charge in [0.05, 0.1) is 10.3 Å². The summed E-state index contributed by atoms with van der Waals surface area (Å²) in [5.74, 6) is -0.571. The molecule has 1 aromatic rings. The number of nitrogens with one attached hydrogen (secondary N) is 1. The molecule has 21 heavy (non-hydrogen) atoms. The molecule has 0 bridgehead atoms. The maximum Gasteiger partial charge on any atom is 0.416 e. The maximum absolute atomic E-state index is 12.6. The zero-order chi connectivity index (χ0) is 15.7. The molecular formula is C14H16F3NO2S. The Morgan fingerprint density at radius 1 is 1.38 bits per heavy atom. The van der Waals surface area contributed by atoms with Gasteiger partial charge in [0.25, 0.3) is 5.91 Å². The fraction of sp³-hybridized carbons (Fsp3) is 0.500. The minimum absolute atomic E-state index is 0.0406. The van der Waals surface area contributed by atoms with Crippen molar-refractivity contribution in [1.82, 2.24) is 5.32 Å². The van der Waals surface area contributed by atoms with Crippen LogP contribution in [0.4, 0.5) is 13.2 Å². The predicted octanol–water partition coefficient (Wildman–Crippen LogP) is 2.74. The zero-order valence-electron chi connectivity index (χ0n) is 11.5. The predicted molar refractivity (Wildman–Crippen MR) is 74.4 cm³/mol. The van der Waals surface area contributed by atoms with Gasteiger partial charge in [-0.05, 0) is 31.0 Å². The number of hydrogen-bond donors (Lipinski definition) is 1. The van der Waals surface area contributed by atoms with Crippen LogP contribution in [0.2, 0.25) is 0 Å². The highest BCUT2D eigenvalue weighted by Crippen LogP contribution is 2.36. The van der Waals surface area contributed by atoms with E-state index >= 15 is 0 Å². The SMILES string of the molecule is C[S@@](=O)C1(CNC(=O)c2cccc(C(F)(F)F)c2)CCC1. The summed E-state index contributed by atoms with van der Waals surface area (Å²) < 4.78 is 49.1. The van der Waals surface area contributed by atoms with Gasteiger partial charge < -0.3 is 5.32 Å². The second-order valence-corrected chi connectivity index (χ2v) is 7.03. The van der Waals surface area contributed by atoms with Crippen molar-refractivity contribution in [3.05, 3.63) is 35.4 Å². The van der Waals surface area contributed by atoms with Crippen LogP contribution in [0.5, 0.6) is 0 Å². The van der Waals surface area contributed by atoms with Crippen molar-refractivity contribution >= 4 is 16.7 Å². The van der Waals surface area contributed by atoms with E-state index in [9.17, 15) is 22.2 Å². The second-order valence-electron chi connectivity index (χ2n) is 5.25. The topological polar surface area (TPSA) is 46.2 Å². The summed E-state index contributed by atoms with van der Waals surface area (Å²) in [6.07, 6.45) is -0.400. The quantitative estimate of drug-likeness (QED) is 0.927. The van der Waals surface area contributed by atoms with E-state index in [1.54, 1.807) is 6.26 Å². The minimum Gasteiger partial charge on any atom is -0.351 e. The summed E-state index contributed by atoms with van der Waals surface area (Å²) in [6.45, 7) is 0.227. The van der Waals surface area contributed by atoms with Crippen LogP contribution in [0, 0.1) is 0 Å². The lowest BCUT2D eigenvalue weighted by Crippen LogP contribution is -2.50. The third kappa shape index (κ3) is 3.45. The van der Waals surface area contributed by atoms with Gasteiger partial charge in [-0.3, -0.25) is 9.00 Å². The van der Waals surface area contributed by atoms with Crippen LogP contribution in [-0.2, 0) is 17.0 Å². The van der Waals surface area contributed by atoms with Crippen molar-refractivity contribution < 1.29 is 22.2 Å². The monoisotopic (exact) mass is 319 g/mol. The minimum atomic E-state index is -4.48. The lowest BCUT2D eigenvalue weighted by atomic mass is 9.84. The van der Waals surface area contributed by atoms with E-state index in [-0.39, 0.29) is 12.1 Å². The number of halogens is 3. The van der Waals surface area contributed by atoms with Gasteiger partial charge >= 0.3 is 6.18 Å². The average Bonchev–Trinajstić information content (AvgIpc) is 2.36. The van der Waals surface area contributed by atoms with Crippen molar-refractivity contribution in [3.8, 4) is 0 Å². The van der Waals surface area contributed by atoms with Gasteiger partial charge in [0, 0.05) is 29.2 Å². The Morgan fingerprint density at radius 3 is 2.52 bits per heavy atom. The number of amides is 1. The summed E-state index contributed by atoms with van der Waals surface area (Å²) in [4.78, 5) is 12.0. The molecule has 0 radical (unpaired) electrons. The fourth-order valence-corrected chi connectivity index (χ4v) is 3.46. The van der Waals surface area contributed by atoms with Gasteiger partial charge in [0.2, 0.25) is 0 Å². The van der Waals surface area contributed by atoms with E-state index in [0.717, 1.165) is 31.4 Å². The van der Waals surface area contributed by atoms with Crippen LogP contribution < -0.4 is 5.32 Å². The van der Waals surface area contributed by atoms with E-state index in [4.69, 9.17) is 0 Å². The molecule has 1 aliphatic carbocycles. The van der Waals surface area contributed by atoms with Crippen molar-refractivity contribution in [2.45, 2.75) is 30.2 Å². The summed E-state index contributed by atoms with van der Waals surface area (Å²) in [6, 6.07) is 4.28. The lowest BCUT2D eigenvalue weighted by Gasteiger charge is -2.39. The molecule has 2 rings (SSSR count). The molecule has 116 valence electrons. The molecular weight excluding hydrogens is 303 g/mol. The van der Waals surface area contributed by atoms with Crippen molar-refractivity contribution in [2.24, 2.45) is 0 Å². The van der Waals surface area contributed by atoms with E-state index in [1.807, 2.05) is 0 Å². The van der Waals surface area contributed by atoms with E-state index in [2.05, 4.69) is 5.32 Å². The van der Waals surface area contributed by atoms with Crippen LogP contribution in [-0.4, -0.2) is 27.7 Å². The summed E-state index contributed by atoms with van der Waals surface area (Å²) in [5, 5.41) is 2.60. The molecule has 0 spiro atoms. The molecule has 1 aliphatic rings. The highest BCUT2D eigenvalue weighted by molar-refractivity contribution is 7.85. The Morgan fingerprint density at radius 2 is 2.05 bits per heavy atom. The summed E-state index contributed by atoms with van der Waals surface area (Å²) in [5.41, 5.74) is -0.895. The molecule has 0 aromatic heterocycles. The van der Waals surface area contributed by atoms with Gasteiger partial charge in [-0.2, -0.15) is 13.2 Å². The normalized spacial score (nSPS) is 18.7. The Labute approximate surface area is 123 Å². The number of carbonyl (C=O) groups excluding carboxylic acids is 1. The van der Waals surface area contributed by atoms with E-state index < -0.39 is 33.2 Å². The highest BCUT2D eigenvalue weighted by Gasteiger charge is 2.41.